The van der Waals surface area contributed by atoms with Gasteiger partial charge in [0.15, 0.2) is 0 Å². The number of aromatic nitrogens is 1. The van der Waals surface area contributed by atoms with Crippen molar-refractivity contribution in [3.8, 4) is 0 Å². The average molecular weight is 311 g/mol. The summed E-state index contributed by atoms with van der Waals surface area (Å²) in [6.45, 7) is 2.15. The second-order valence-electron chi connectivity index (χ2n) is 4.30. The third-order valence-corrected chi connectivity index (χ3v) is 4.32. The molecule has 0 atom stereocenters. The minimum atomic E-state index is -4.03. The van der Waals surface area contributed by atoms with Crippen molar-refractivity contribution in [2.24, 2.45) is 0 Å². The Morgan fingerprint density at radius 3 is 2.67 bits per heavy atom. The Morgan fingerprint density at radius 2 is 2.00 bits per heavy atom. The van der Waals surface area contributed by atoms with E-state index in [1.807, 2.05) is 0 Å². The van der Waals surface area contributed by atoms with E-state index in [0.29, 0.717) is 6.54 Å². The number of para-hydroxylation sites is 1. The first kappa shape index (κ1) is 15.0. The van der Waals surface area contributed by atoms with Crippen LogP contribution in [0.15, 0.2) is 46.2 Å². The lowest BCUT2D eigenvalue weighted by Gasteiger charge is -2.11. The summed E-state index contributed by atoms with van der Waals surface area (Å²) in [5.41, 5.74) is 4.95. The highest BCUT2D eigenvalue weighted by Gasteiger charge is 2.19. The SMILES string of the molecule is CCn1cc(NS(=O)(=O)c2cccc(F)c2N)ccc1=O. The normalized spacial score (nSPS) is 11.3. The van der Waals surface area contributed by atoms with Crippen molar-refractivity contribution in [1.82, 2.24) is 4.57 Å². The first-order valence-corrected chi connectivity index (χ1v) is 7.61. The smallest absolute Gasteiger partial charge is 0.264 e. The molecular weight excluding hydrogens is 297 g/mol. The molecule has 2 rings (SSSR count). The molecule has 6 nitrogen and oxygen atoms in total. The molecule has 21 heavy (non-hydrogen) atoms. The zero-order valence-corrected chi connectivity index (χ0v) is 12.0. The van der Waals surface area contributed by atoms with Crippen LogP contribution in [0.25, 0.3) is 0 Å². The van der Waals surface area contributed by atoms with Gasteiger partial charge < -0.3 is 10.3 Å². The molecule has 8 heteroatoms. The van der Waals surface area contributed by atoms with Gasteiger partial charge in [-0.15, -0.1) is 0 Å². The fraction of sp³-hybridized carbons (Fsp3) is 0.154. The molecule has 0 unspecified atom stereocenters. The van der Waals surface area contributed by atoms with Crippen molar-refractivity contribution in [3.63, 3.8) is 0 Å². The maximum absolute atomic E-state index is 13.4. The molecule has 2 aromatic rings. The highest BCUT2D eigenvalue weighted by Crippen LogP contribution is 2.23. The van der Waals surface area contributed by atoms with Crippen LogP contribution >= 0.6 is 0 Å². The summed E-state index contributed by atoms with van der Waals surface area (Å²) < 4.78 is 41.4. The van der Waals surface area contributed by atoms with Crippen molar-refractivity contribution in [2.75, 3.05) is 10.5 Å². The van der Waals surface area contributed by atoms with Crippen LogP contribution in [0, 0.1) is 5.82 Å². The Labute approximate surface area is 121 Å². The van der Waals surface area contributed by atoms with Gasteiger partial charge in [-0.3, -0.25) is 9.52 Å². The van der Waals surface area contributed by atoms with Gasteiger partial charge in [-0.05, 0) is 25.1 Å². The number of hydrogen-bond donors (Lipinski definition) is 2. The molecule has 0 spiro atoms. The minimum absolute atomic E-state index is 0.195. The second-order valence-corrected chi connectivity index (χ2v) is 5.95. The summed E-state index contributed by atoms with van der Waals surface area (Å²) >= 11 is 0. The lowest BCUT2D eigenvalue weighted by molar-refractivity contribution is 0.597. The third kappa shape index (κ3) is 3.05. The standard InChI is InChI=1S/C13H14FN3O3S/c1-2-17-8-9(6-7-12(17)18)16-21(19,20)11-5-3-4-10(14)13(11)15/h3-8,16H,2,15H2,1H3. The molecule has 0 aliphatic rings. The summed E-state index contributed by atoms with van der Waals surface area (Å²) in [5.74, 6) is -0.809. The molecule has 0 amide bonds. The molecule has 0 saturated heterocycles. The number of nitrogens with zero attached hydrogens (tertiary/aromatic N) is 1. The Balaban J connectivity index is 2.42. The fourth-order valence-electron chi connectivity index (χ4n) is 1.80. The van der Waals surface area contributed by atoms with E-state index in [2.05, 4.69) is 4.72 Å². The predicted molar refractivity (Wildman–Crippen MR) is 78.0 cm³/mol. The quantitative estimate of drug-likeness (QED) is 0.834. The number of anilines is 2. The van der Waals surface area contributed by atoms with E-state index in [0.717, 1.165) is 6.07 Å². The molecule has 112 valence electrons. The number of sulfonamides is 1. The first-order chi connectivity index (χ1) is 9.85. The maximum Gasteiger partial charge on any atom is 0.264 e. The van der Waals surface area contributed by atoms with Gasteiger partial charge in [0.25, 0.3) is 15.6 Å². The Hall–Kier alpha value is -2.35. The number of rotatable bonds is 4. The molecule has 0 radical (unpaired) electrons. The summed E-state index contributed by atoms with van der Waals surface area (Å²) in [6.07, 6.45) is 1.37. The zero-order valence-electron chi connectivity index (χ0n) is 11.2. The van der Waals surface area contributed by atoms with E-state index >= 15 is 0 Å². The highest BCUT2D eigenvalue weighted by molar-refractivity contribution is 7.92. The van der Waals surface area contributed by atoms with E-state index in [4.69, 9.17) is 5.73 Å². The molecule has 0 fully saturated rings. The van der Waals surface area contributed by atoms with Crippen LogP contribution in [0.1, 0.15) is 6.92 Å². The van der Waals surface area contributed by atoms with Gasteiger partial charge in [-0.2, -0.15) is 0 Å². The van der Waals surface area contributed by atoms with Crippen molar-refractivity contribution >= 4 is 21.4 Å². The van der Waals surface area contributed by atoms with Gasteiger partial charge in [0.05, 0.1) is 11.4 Å². The molecule has 0 bridgehead atoms. The van der Waals surface area contributed by atoms with Crippen LogP contribution in [0.5, 0.6) is 0 Å². The van der Waals surface area contributed by atoms with E-state index in [1.165, 1.54) is 35.0 Å². The predicted octanol–water partition coefficient (Wildman–Crippen LogP) is 1.39. The second kappa shape index (κ2) is 5.57. The van der Waals surface area contributed by atoms with E-state index in [1.54, 1.807) is 6.92 Å². The molecule has 0 aliphatic carbocycles. The first-order valence-electron chi connectivity index (χ1n) is 6.12. The van der Waals surface area contributed by atoms with E-state index < -0.39 is 21.5 Å². The number of nitrogen functional groups attached to an aromatic ring is 1. The number of benzene rings is 1. The number of nitrogens with one attached hydrogen (secondary N) is 1. The van der Waals surface area contributed by atoms with E-state index in [-0.39, 0.29) is 16.1 Å². The summed E-state index contributed by atoms with van der Waals surface area (Å²) in [5, 5.41) is 0. The largest absolute Gasteiger partial charge is 0.395 e. The number of aryl methyl sites for hydroxylation is 1. The average Bonchev–Trinajstić information content (AvgIpc) is 2.43. The number of halogens is 1. The minimum Gasteiger partial charge on any atom is -0.395 e. The number of hydrogen-bond acceptors (Lipinski definition) is 4. The van der Waals surface area contributed by atoms with Crippen LogP contribution in [0.2, 0.25) is 0 Å². The fourth-order valence-corrected chi connectivity index (χ4v) is 2.99. The van der Waals surface area contributed by atoms with Crippen molar-refractivity contribution in [1.29, 1.82) is 0 Å². The van der Waals surface area contributed by atoms with Gasteiger partial charge >= 0.3 is 0 Å². The Morgan fingerprint density at radius 1 is 1.29 bits per heavy atom. The molecule has 1 heterocycles. The van der Waals surface area contributed by atoms with Gasteiger partial charge in [0.2, 0.25) is 0 Å². The van der Waals surface area contributed by atoms with Crippen LogP contribution in [0.3, 0.4) is 0 Å². The monoisotopic (exact) mass is 311 g/mol. The molecule has 0 aliphatic heterocycles. The van der Waals surface area contributed by atoms with Crippen LogP contribution in [-0.2, 0) is 16.6 Å². The highest BCUT2D eigenvalue weighted by atomic mass is 32.2. The van der Waals surface area contributed by atoms with Crippen molar-refractivity contribution in [3.05, 3.63) is 52.7 Å². The van der Waals surface area contributed by atoms with Gasteiger partial charge in [-0.25, -0.2) is 12.8 Å². The molecule has 1 aromatic heterocycles. The topological polar surface area (TPSA) is 94.2 Å². The van der Waals surface area contributed by atoms with Crippen LogP contribution in [0.4, 0.5) is 15.8 Å². The summed E-state index contributed by atoms with van der Waals surface area (Å²) in [6, 6.07) is 6.12. The molecule has 1 aromatic carbocycles. The summed E-state index contributed by atoms with van der Waals surface area (Å²) in [7, 11) is -4.03. The Kier molecular flexibility index (Phi) is 3.99. The molecular formula is C13H14FN3O3S. The summed E-state index contributed by atoms with van der Waals surface area (Å²) in [4.78, 5) is 11.1. The van der Waals surface area contributed by atoms with Gasteiger partial charge in [0.1, 0.15) is 10.7 Å². The lowest BCUT2D eigenvalue weighted by Crippen LogP contribution is -2.20. The lowest BCUT2D eigenvalue weighted by atomic mass is 10.3. The van der Waals surface area contributed by atoms with Crippen molar-refractivity contribution < 1.29 is 12.8 Å². The van der Waals surface area contributed by atoms with Gasteiger partial charge in [0, 0.05) is 18.8 Å². The maximum atomic E-state index is 13.4. The van der Waals surface area contributed by atoms with Crippen LogP contribution in [-0.4, -0.2) is 13.0 Å². The third-order valence-electron chi connectivity index (χ3n) is 2.88. The van der Waals surface area contributed by atoms with Gasteiger partial charge in [-0.1, -0.05) is 6.07 Å². The zero-order chi connectivity index (χ0) is 15.6. The Bertz CT molecular complexity index is 831. The number of pyridine rings is 1. The number of nitrogens with two attached hydrogens (primary N) is 1. The van der Waals surface area contributed by atoms with Crippen LogP contribution < -0.4 is 16.0 Å². The van der Waals surface area contributed by atoms with E-state index in [9.17, 15) is 17.6 Å². The van der Waals surface area contributed by atoms with Crippen molar-refractivity contribution in [2.45, 2.75) is 18.4 Å². The molecule has 3 N–H and O–H groups in total. The molecule has 0 saturated carbocycles.